The van der Waals surface area contributed by atoms with Crippen LogP contribution in [0.1, 0.15) is 25.3 Å². The topological polar surface area (TPSA) is 43.7 Å². The lowest BCUT2D eigenvalue weighted by Gasteiger charge is -2.18. The van der Waals surface area contributed by atoms with Crippen molar-refractivity contribution in [1.82, 2.24) is 4.90 Å². The predicted octanol–water partition coefficient (Wildman–Crippen LogP) is 0.598. The molecule has 0 heterocycles. The molecule has 0 aliphatic rings. The molecule has 0 saturated carbocycles. The molecule has 0 aromatic heterocycles. The largest absolute Gasteiger partial charge is 0.488 e. The van der Waals surface area contributed by atoms with Crippen LogP contribution in [-0.4, -0.2) is 35.7 Å². The molecule has 0 fully saturated rings. The molecular formula is C12H20BNO2. The van der Waals surface area contributed by atoms with Crippen LogP contribution in [0, 0.1) is 0 Å². The summed E-state index contributed by atoms with van der Waals surface area (Å²) in [5.41, 5.74) is 1.59. The SMILES string of the molecule is CCCCN(C)Cc1ccccc1B(O)O. The maximum absolute atomic E-state index is 9.23. The van der Waals surface area contributed by atoms with Gasteiger partial charge in [-0.1, -0.05) is 37.6 Å². The highest BCUT2D eigenvalue weighted by atomic mass is 16.4. The zero-order chi connectivity index (χ0) is 12.0. The van der Waals surface area contributed by atoms with Crippen LogP contribution in [0.3, 0.4) is 0 Å². The highest BCUT2D eigenvalue weighted by Gasteiger charge is 2.15. The van der Waals surface area contributed by atoms with E-state index in [4.69, 9.17) is 0 Å². The van der Waals surface area contributed by atoms with Crippen molar-refractivity contribution in [1.29, 1.82) is 0 Å². The van der Waals surface area contributed by atoms with Gasteiger partial charge in [0, 0.05) is 6.54 Å². The van der Waals surface area contributed by atoms with Crippen molar-refractivity contribution < 1.29 is 10.0 Å². The van der Waals surface area contributed by atoms with Gasteiger partial charge in [0.15, 0.2) is 0 Å². The second kappa shape index (κ2) is 6.68. The van der Waals surface area contributed by atoms with Gasteiger partial charge < -0.3 is 14.9 Å². The first kappa shape index (κ1) is 13.2. The quantitative estimate of drug-likeness (QED) is 0.691. The Balaban J connectivity index is 2.65. The molecule has 3 nitrogen and oxygen atoms in total. The van der Waals surface area contributed by atoms with Crippen molar-refractivity contribution in [2.75, 3.05) is 13.6 Å². The van der Waals surface area contributed by atoms with E-state index in [0.717, 1.165) is 18.7 Å². The Morgan fingerprint density at radius 1 is 1.25 bits per heavy atom. The lowest BCUT2D eigenvalue weighted by Crippen LogP contribution is -2.35. The van der Waals surface area contributed by atoms with Crippen LogP contribution in [-0.2, 0) is 6.54 Å². The molecule has 0 atom stereocenters. The Labute approximate surface area is 97.9 Å². The number of nitrogens with zero attached hydrogens (tertiary/aromatic N) is 1. The molecule has 16 heavy (non-hydrogen) atoms. The van der Waals surface area contributed by atoms with E-state index in [2.05, 4.69) is 18.9 Å². The monoisotopic (exact) mass is 221 g/mol. The van der Waals surface area contributed by atoms with E-state index < -0.39 is 7.12 Å². The molecule has 1 rings (SSSR count). The fourth-order valence-corrected chi connectivity index (χ4v) is 1.73. The van der Waals surface area contributed by atoms with Gasteiger partial charge >= 0.3 is 7.12 Å². The summed E-state index contributed by atoms with van der Waals surface area (Å²) in [5, 5.41) is 18.5. The minimum Gasteiger partial charge on any atom is -0.423 e. The Kier molecular flexibility index (Phi) is 5.53. The fraction of sp³-hybridized carbons (Fsp3) is 0.500. The summed E-state index contributed by atoms with van der Waals surface area (Å²) in [5.74, 6) is 0. The molecule has 1 aromatic carbocycles. The predicted molar refractivity (Wildman–Crippen MR) is 67.5 cm³/mol. The van der Waals surface area contributed by atoms with Gasteiger partial charge in [-0.25, -0.2) is 0 Å². The first-order valence-electron chi connectivity index (χ1n) is 5.77. The summed E-state index contributed by atoms with van der Waals surface area (Å²) < 4.78 is 0. The molecule has 2 N–H and O–H groups in total. The summed E-state index contributed by atoms with van der Waals surface area (Å²) in [6.07, 6.45) is 2.34. The number of rotatable bonds is 6. The first-order chi connectivity index (χ1) is 7.65. The third-order valence-electron chi connectivity index (χ3n) is 2.67. The number of unbranched alkanes of at least 4 members (excludes halogenated alkanes) is 1. The third-order valence-corrected chi connectivity index (χ3v) is 2.67. The standard InChI is InChI=1S/C12H20BNO2/c1-3-4-9-14(2)10-11-7-5-6-8-12(11)13(15)16/h5-8,15-16H,3-4,9-10H2,1-2H3. The van der Waals surface area contributed by atoms with Crippen LogP contribution in [0.25, 0.3) is 0 Å². The molecule has 0 amide bonds. The molecule has 0 unspecified atom stereocenters. The van der Waals surface area contributed by atoms with Crippen molar-refractivity contribution >= 4 is 12.6 Å². The smallest absolute Gasteiger partial charge is 0.423 e. The Morgan fingerprint density at radius 2 is 1.94 bits per heavy atom. The highest BCUT2D eigenvalue weighted by molar-refractivity contribution is 6.59. The number of hydrogen-bond donors (Lipinski definition) is 2. The average molecular weight is 221 g/mol. The molecular weight excluding hydrogens is 201 g/mol. The fourth-order valence-electron chi connectivity index (χ4n) is 1.73. The molecule has 0 radical (unpaired) electrons. The van der Waals surface area contributed by atoms with Gasteiger partial charge in [-0.2, -0.15) is 0 Å². The normalized spacial score (nSPS) is 10.8. The maximum atomic E-state index is 9.23. The Morgan fingerprint density at radius 3 is 2.56 bits per heavy atom. The van der Waals surface area contributed by atoms with E-state index in [1.165, 1.54) is 12.8 Å². The molecule has 1 aromatic rings. The van der Waals surface area contributed by atoms with Crippen LogP contribution in [0.15, 0.2) is 24.3 Å². The molecule has 88 valence electrons. The molecule has 0 bridgehead atoms. The summed E-state index contributed by atoms with van der Waals surface area (Å²) in [7, 11) is 0.673. The van der Waals surface area contributed by atoms with Crippen molar-refractivity contribution in [2.24, 2.45) is 0 Å². The Bertz CT molecular complexity index is 318. The van der Waals surface area contributed by atoms with Crippen LogP contribution in [0.5, 0.6) is 0 Å². The van der Waals surface area contributed by atoms with Gasteiger partial charge in [-0.05, 0) is 31.0 Å². The molecule has 0 saturated heterocycles. The number of benzene rings is 1. The Hall–Kier alpha value is -0.835. The molecule has 0 aliphatic carbocycles. The summed E-state index contributed by atoms with van der Waals surface area (Å²) in [6.45, 7) is 3.96. The van der Waals surface area contributed by atoms with E-state index in [9.17, 15) is 10.0 Å². The number of hydrogen-bond acceptors (Lipinski definition) is 3. The molecule has 4 heteroatoms. The van der Waals surface area contributed by atoms with Gasteiger partial charge in [0.25, 0.3) is 0 Å². The second-order valence-corrected chi connectivity index (χ2v) is 4.16. The van der Waals surface area contributed by atoms with Gasteiger partial charge in [-0.3, -0.25) is 0 Å². The lowest BCUT2D eigenvalue weighted by atomic mass is 9.77. The lowest BCUT2D eigenvalue weighted by molar-refractivity contribution is 0.321. The van der Waals surface area contributed by atoms with Crippen LogP contribution in [0.2, 0.25) is 0 Å². The minimum atomic E-state index is -1.38. The summed E-state index contributed by atoms with van der Waals surface area (Å²) in [6, 6.07) is 7.45. The first-order valence-corrected chi connectivity index (χ1v) is 5.77. The third kappa shape index (κ3) is 3.97. The van der Waals surface area contributed by atoms with E-state index in [1.807, 2.05) is 18.2 Å². The highest BCUT2D eigenvalue weighted by Crippen LogP contribution is 2.02. The molecule has 0 aliphatic heterocycles. The van der Waals surface area contributed by atoms with Gasteiger partial charge in [0.05, 0.1) is 0 Å². The second-order valence-electron chi connectivity index (χ2n) is 4.16. The minimum absolute atomic E-state index is 0.603. The van der Waals surface area contributed by atoms with E-state index >= 15 is 0 Å². The summed E-state index contributed by atoms with van der Waals surface area (Å²) in [4.78, 5) is 2.20. The van der Waals surface area contributed by atoms with E-state index in [-0.39, 0.29) is 0 Å². The van der Waals surface area contributed by atoms with Crippen molar-refractivity contribution in [2.45, 2.75) is 26.3 Å². The van der Waals surface area contributed by atoms with Gasteiger partial charge in [0.1, 0.15) is 0 Å². The zero-order valence-corrected chi connectivity index (χ0v) is 10.1. The van der Waals surface area contributed by atoms with Crippen LogP contribution >= 0.6 is 0 Å². The zero-order valence-electron chi connectivity index (χ0n) is 10.1. The van der Waals surface area contributed by atoms with Crippen LogP contribution < -0.4 is 5.46 Å². The van der Waals surface area contributed by atoms with Gasteiger partial charge in [-0.15, -0.1) is 0 Å². The molecule has 0 spiro atoms. The van der Waals surface area contributed by atoms with E-state index in [0.29, 0.717) is 5.46 Å². The van der Waals surface area contributed by atoms with E-state index in [1.54, 1.807) is 6.07 Å². The van der Waals surface area contributed by atoms with Crippen molar-refractivity contribution in [3.8, 4) is 0 Å². The van der Waals surface area contributed by atoms with Gasteiger partial charge in [0.2, 0.25) is 0 Å². The van der Waals surface area contributed by atoms with Crippen molar-refractivity contribution in [3.05, 3.63) is 29.8 Å². The van der Waals surface area contributed by atoms with Crippen LogP contribution in [0.4, 0.5) is 0 Å². The average Bonchev–Trinajstić information content (AvgIpc) is 2.27. The van der Waals surface area contributed by atoms with Crippen molar-refractivity contribution in [3.63, 3.8) is 0 Å². The maximum Gasteiger partial charge on any atom is 0.488 e. The summed E-state index contributed by atoms with van der Waals surface area (Å²) >= 11 is 0.